The van der Waals surface area contributed by atoms with Crippen molar-refractivity contribution in [2.45, 2.75) is 44.9 Å². The van der Waals surface area contributed by atoms with Crippen molar-refractivity contribution in [3.63, 3.8) is 0 Å². The number of amides is 2. The minimum absolute atomic E-state index is 0.00247. The summed E-state index contributed by atoms with van der Waals surface area (Å²) in [5, 5.41) is 3.17. The van der Waals surface area contributed by atoms with Crippen molar-refractivity contribution in [1.29, 1.82) is 0 Å². The van der Waals surface area contributed by atoms with E-state index in [0.29, 0.717) is 13.1 Å². The van der Waals surface area contributed by atoms with Crippen LogP contribution in [0.15, 0.2) is 18.2 Å². The highest BCUT2D eigenvalue weighted by molar-refractivity contribution is 5.75. The summed E-state index contributed by atoms with van der Waals surface area (Å²) in [7, 11) is 1.69. The van der Waals surface area contributed by atoms with Gasteiger partial charge in [0.1, 0.15) is 5.75 Å². The van der Waals surface area contributed by atoms with E-state index in [1.54, 1.807) is 7.11 Å². The van der Waals surface area contributed by atoms with Crippen LogP contribution in [-0.2, 0) is 11.2 Å². The van der Waals surface area contributed by atoms with Crippen LogP contribution in [-0.4, -0.2) is 43.3 Å². The Labute approximate surface area is 131 Å². The number of ether oxygens (including phenoxy) is 2. The maximum absolute atomic E-state index is 12.5. The number of hydrogen-bond donors (Lipinski definition) is 1. The molecule has 0 saturated carbocycles. The number of nitrogens with one attached hydrogen (secondary N) is 1. The lowest BCUT2D eigenvalue weighted by Crippen LogP contribution is -2.52. The van der Waals surface area contributed by atoms with Crippen molar-refractivity contribution in [2.75, 3.05) is 20.2 Å². The monoisotopic (exact) mass is 304 g/mol. The van der Waals surface area contributed by atoms with Crippen molar-refractivity contribution >= 4 is 6.03 Å². The van der Waals surface area contributed by atoms with Crippen LogP contribution in [0.2, 0.25) is 0 Å². The molecule has 120 valence electrons. The molecule has 5 heteroatoms. The number of benzene rings is 1. The number of urea groups is 1. The quantitative estimate of drug-likeness (QED) is 0.913. The van der Waals surface area contributed by atoms with Gasteiger partial charge in [0.2, 0.25) is 0 Å². The predicted octanol–water partition coefficient (Wildman–Crippen LogP) is 2.50. The van der Waals surface area contributed by atoms with Gasteiger partial charge in [-0.05, 0) is 43.9 Å². The van der Waals surface area contributed by atoms with E-state index in [0.717, 1.165) is 18.6 Å². The molecule has 0 aromatic heterocycles. The molecular weight excluding hydrogens is 280 g/mol. The predicted molar refractivity (Wildman–Crippen MR) is 84.2 cm³/mol. The van der Waals surface area contributed by atoms with Gasteiger partial charge in [0.15, 0.2) is 0 Å². The second-order valence-corrected chi connectivity index (χ2v) is 6.23. The summed E-state index contributed by atoms with van der Waals surface area (Å²) in [5.74, 6) is 0.919. The maximum Gasteiger partial charge on any atom is 0.318 e. The highest BCUT2D eigenvalue weighted by Gasteiger charge is 2.30. The summed E-state index contributed by atoms with van der Waals surface area (Å²) < 4.78 is 11.1. The Balaban J connectivity index is 1.69. The lowest BCUT2D eigenvalue weighted by Gasteiger charge is -2.36. The molecule has 3 atom stereocenters. The van der Waals surface area contributed by atoms with Crippen LogP contribution < -0.4 is 10.1 Å². The van der Waals surface area contributed by atoms with Crippen LogP contribution in [0, 0.1) is 0 Å². The molecule has 1 saturated heterocycles. The highest BCUT2D eigenvalue weighted by atomic mass is 16.5. The van der Waals surface area contributed by atoms with E-state index in [-0.39, 0.29) is 24.3 Å². The van der Waals surface area contributed by atoms with Crippen molar-refractivity contribution in [3.05, 3.63) is 29.3 Å². The number of nitrogens with zero attached hydrogens (tertiary/aromatic N) is 1. The second-order valence-electron chi connectivity index (χ2n) is 6.23. The van der Waals surface area contributed by atoms with Crippen molar-refractivity contribution in [1.82, 2.24) is 10.2 Å². The molecule has 2 amide bonds. The highest BCUT2D eigenvalue weighted by Crippen LogP contribution is 2.36. The average molecular weight is 304 g/mol. The van der Waals surface area contributed by atoms with Gasteiger partial charge < -0.3 is 19.7 Å². The molecule has 1 aliphatic carbocycles. The maximum atomic E-state index is 12.5. The van der Waals surface area contributed by atoms with Crippen LogP contribution in [0.3, 0.4) is 0 Å². The van der Waals surface area contributed by atoms with Gasteiger partial charge in [-0.2, -0.15) is 0 Å². The van der Waals surface area contributed by atoms with Gasteiger partial charge in [0, 0.05) is 13.1 Å². The van der Waals surface area contributed by atoms with Gasteiger partial charge in [0.25, 0.3) is 0 Å². The Hall–Kier alpha value is -1.75. The van der Waals surface area contributed by atoms with E-state index >= 15 is 0 Å². The average Bonchev–Trinajstić information content (AvgIpc) is 2.89. The first-order chi connectivity index (χ1) is 10.6. The molecule has 0 spiro atoms. The smallest absolute Gasteiger partial charge is 0.318 e. The summed E-state index contributed by atoms with van der Waals surface area (Å²) in [6, 6.07) is 6.13. The van der Waals surface area contributed by atoms with Crippen LogP contribution in [0.1, 0.15) is 37.4 Å². The lowest BCUT2D eigenvalue weighted by molar-refractivity contribution is -0.0547. The van der Waals surface area contributed by atoms with Crippen LogP contribution in [0.4, 0.5) is 4.79 Å². The van der Waals surface area contributed by atoms with Crippen LogP contribution in [0.5, 0.6) is 5.75 Å². The van der Waals surface area contributed by atoms with Crippen molar-refractivity contribution in [3.8, 4) is 5.75 Å². The summed E-state index contributed by atoms with van der Waals surface area (Å²) in [4.78, 5) is 14.4. The topological polar surface area (TPSA) is 50.8 Å². The molecule has 1 N–H and O–H groups in total. The minimum Gasteiger partial charge on any atom is -0.496 e. The summed E-state index contributed by atoms with van der Waals surface area (Å²) >= 11 is 0. The molecule has 0 radical (unpaired) electrons. The fraction of sp³-hybridized carbons (Fsp3) is 0.588. The van der Waals surface area contributed by atoms with Gasteiger partial charge in [-0.1, -0.05) is 12.1 Å². The molecule has 1 aromatic carbocycles. The Morgan fingerprint density at radius 1 is 1.32 bits per heavy atom. The molecule has 2 aliphatic rings. The zero-order chi connectivity index (χ0) is 15.7. The number of hydrogen-bond acceptors (Lipinski definition) is 3. The third-order valence-corrected chi connectivity index (χ3v) is 4.45. The largest absolute Gasteiger partial charge is 0.496 e. The number of fused-ring (bicyclic) bond motifs is 1. The van der Waals surface area contributed by atoms with Crippen molar-refractivity contribution < 1.29 is 14.3 Å². The van der Waals surface area contributed by atoms with E-state index in [1.165, 1.54) is 11.1 Å². The fourth-order valence-electron chi connectivity index (χ4n) is 3.55. The van der Waals surface area contributed by atoms with Gasteiger partial charge in [-0.3, -0.25) is 0 Å². The van der Waals surface area contributed by atoms with Crippen LogP contribution in [0.25, 0.3) is 0 Å². The number of methoxy groups -OCH3 is 1. The van der Waals surface area contributed by atoms with E-state index in [2.05, 4.69) is 11.4 Å². The Morgan fingerprint density at radius 3 is 2.73 bits per heavy atom. The van der Waals surface area contributed by atoms with Gasteiger partial charge in [0.05, 0.1) is 25.4 Å². The molecule has 1 fully saturated rings. The Morgan fingerprint density at radius 2 is 2.05 bits per heavy atom. The summed E-state index contributed by atoms with van der Waals surface area (Å²) in [6.07, 6.45) is 2.05. The number of morpholine rings is 1. The molecule has 1 aliphatic heterocycles. The molecule has 1 aromatic rings. The third-order valence-electron chi connectivity index (χ3n) is 4.45. The standard InChI is InChI=1S/C17H24N2O3/c1-11-9-19(10-12(2)22-11)17(20)18-15-8-7-14-13(15)5-4-6-16(14)21-3/h4-6,11-12,15H,7-10H2,1-3H3,(H,18,20)/t11-,12+,15-/m1/s1. The first-order valence-electron chi connectivity index (χ1n) is 7.95. The molecular formula is C17H24N2O3. The third kappa shape index (κ3) is 2.90. The molecule has 0 bridgehead atoms. The van der Waals surface area contributed by atoms with E-state index in [9.17, 15) is 4.79 Å². The van der Waals surface area contributed by atoms with E-state index < -0.39 is 0 Å². The summed E-state index contributed by atoms with van der Waals surface area (Å²) in [6.45, 7) is 5.30. The van der Waals surface area contributed by atoms with Gasteiger partial charge in [-0.25, -0.2) is 4.79 Å². The SMILES string of the molecule is COc1cccc2c1CC[C@H]2NC(=O)N1C[C@@H](C)O[C@@H](C)C1. The normalized spacial score (nSPS) is 27.4. The van der Waals surface area contributed by atoms with Gasteiger partial charge >= 0.3 is 6.03 Å². The Bertz CT molecular complexity index is 551. The first-order valence-corrected chi connectivity index (χ1v) is 7.95. The van der Waals surface area contributed by atoms with Gasteiger partial charge in [-0.15, -0.1) is 0 Å². The Kier molecular flexibility index (Phi) is 4.25. The minimum atomic E-state index is 0.00247. The fourth-order valence-corrected chi connectivity index (χ4v) is 3.55. The second kappa shape index (κ2) is 6.16. The molecule has 5 nitrogen and oxygen atoms in total. The lowest BCUT2D eigenvalue weighted by atomic mass is 10.1. The molecule has 0 unspecified atom stereocenters. The first kappa shape index (κ1) is 15.2. The summed E-state index contributed by atoms with van der Waals surface area (Å²) in [5.41, 5.74) is 2.40. The molecule has 22 heavy (non-hydrogen) atoms. The van der Waals surface area contributed by atoms with Crippen molar-refractivity contribution in [2.24, 2.45) is 0 Å². The number of carbonyl (C=O) groups is 1. The van der Waals surface area contributed by atoms with E-state index in [4.69, 9.17) is 9.47 Å². The molecule has 1 heterocycles. The number of carbonyl (C=O) groups excluding carboxylic acids is 1. The number of rotatable bonds is 2. The zero-order valence-corrected chi connectivity index (χ0v) is 13.5. The molecule has 3 rings (SSSR count). The van der Waals surface area contributed by atoms with Crippen LogP contribution >= 0.6 is 0 Å². The zero-order valence-electron chi connectivity index (χ0n) is 13.5. The van der Waals surface area contributed by atoms with E-state index in [1.807, 2.05) is 30.9 Å².